The number of rotatable bonds is 5. The van der Waals surface area contributed by atoms with E-state index < -0.39 is 0 Å². The van der Waals surface area contributed by atoms with Crippen LogP contribution in [0.3, 0.4) is 0 Å². The van der Waals surface area contributed by atoms with Crippen molar-refractivity contribution in [1.29, 1.82) is 0 Å². The van der Waals surface area contributed by atoms with Gasteiger partial charge in [0.2, 0.25) is 5.91 Å². The summed E-state index contributed by atoms with van der Waals surface area (Å²) in [6, 6.07) is 19.1. The van der Waals surface area contributed by atoms with Gasteiger partial charge in [-0.15, -0.1) is 12.4 Å². The fourth-order valence-electron chi connectivity index (χ4n) is 4.69. The number of carbonyl (C=O) groups excluding carboxylic acids is 1. The number of halogens is 1. The molecule has 1 atom stereocenters. The fraction of sp³-hybridized carbons (Fsp3) is 0.458. The summed E-state index contributed by atoms with van der Waals surface area (Å²) in [5, 5.41) is 0. The molecule has 2 aromatic rings. The van der Waals surface area contributed by atoms with Gasteiger partial charge in [-0.1, -0.05) is 42.5 Å². The van der Waals surface area contributed by atoms with Gasteiger partial charge in [0.05, 0.1) is 19.7 Å². The first-order chi connectivity index (χ1) is 13.7. The average molecular weight is 415 g/mol. The largest absolute Gasteiger partial charge is 0.497 e. The number of methoxy groups -OCH3 is 1. The molecule has 0 saturated carbocycles. The van der Waals surface area contributed by atoms with Crippen LogP contribution in [-0.2, 0) is 4.79 Å². The zero-order valence-electron chi connectivity index (χ0n) is 17.1. The Morgan fingerprint density at radius 1 is 0.966 bits per heavy atom. The van der Waals surface area contributed by atoms with E-state index in [-0.39, 0.29) is 24.4 Å². The fourth-order valence-corrected chi connectivity index (χ4v) is 4.69. The molecule has 0 aliphatic carbocycles. The molecule has 0 radical (unpaired) electrons. The summed E-state index contributed by atoms with van der Waals surface area (Å²) in [5.41, 5.74) is 2.62. The summed E-state index contributed by atoms with van der Waals surface area (Å²) in [6.45, 7) is 3.41. The molecule has 2 aliphatic heterocycles. The quantitative estimate of drug-likeness (QED) is 0.713. The number of amides is 1. The third kappa shape index (κ3) is 5.12. The van der Waals surface area contributed by atoms with Crippen LogP contribution < -0.4 is 4.74 Å². The Kier molecular flexibility index (Phi) is 7.57. The number of hydrogen-bond donors (Lipinski definition) is 0. The van der Waals surface area contributed by atoms with Crippen LogP contribution in [0.2, 0.25) is 0 Å². The van der Waals surface area contributed by atoms with Crippen molar-refractivity contribution in [3.63, 3.8) is 0 Å². The van der Waals surface area contributed by atoms with Crippen LogP contribution in [0.25, 0.3) is 0 Å². The first-order valence-electron chi connectivity index (χ1n) is 10.5. The van der Waals surface area contributed by atoms with E-state index in [1.807, 2.05) is 12.1 Å². The molecule has 2 heterocycles. The second-order valence-corrected chi connectivity index (χ2v) is 7.98. The van der Waals surface area contributed by atoms with Crippen molar-refractivity contribution in [2.45, 2.75) is 37.6 Å². The van der Waals surface area contributed by atoms with Crippen molar-refractivity contribution < 1.29 is 9.53 Å². The van der Waals surface area contributed by atoms with E-state index in [2.05, 4.69) is 52.3 Å². The van der Waals surface area contributed by atoms with Gasteiger partial charge >= 0.3 is 0 Å². The van der Waals surface area contributed by atoms with Crippen molar-refractivity contribution in [1.82, 2.24) is 9.80 Å². The third-order valence-corrected chi connectivity index (χ3v) is 6.27. The number of benzene rings is 2. The normalized spacial score (nSPS) is 20.3. The molecule has 0 spiro atoms. The van der Waals surface area contributed by atoms with Gasteiger partial charge in [-0.25, -0.2) is 0 Å². The van der Waals surface area contributed by atoms with Crippen LogP contribution >= 0.6 is 12.4 Å². The van der Waals surface area contributed by atoms with Gasteiger partial charge < -0.3 is 9.64 Å². The molecule has 5 heteroatoms. The molecule has 2 aromatic carbocycles. The molecule has 4 rings (SSSR count). The van der Waals surface area contributed by atoms with Crippen LogP contribution in [0.15, 0.2) is 54.6 Å². The van der Waals surface area contributed by atoms with Gasteiger partial charge in [0, 0.05) is 6.54 Å². The molecular weight excluding hydrogens is 384 g/mol. The second kappa shape index (κ2) is 10.1. The highest BCUT2D eigenvalue weighted by atomic mass is 35.5. The zero-order valence-corrected chi connectivity index (χ0v) is 17.9. The molecule has 29 heavy (non-hydrogen) atoms. The van der Waals surface area contributed by atoms with Crippen molar-refractivity contribution in [3.8, 4) is 5.75 Å². The number of carbonyl (C=O) groups is 1. The Morgan fingerprint density at radius 2 is 1.69 bits per heavy atom. The molecule has 2 saturated heterocycles. The van der Waals surface area contributed by atoms with Crippen molar-refractivity contribution in [3.05, 3.63) is 65.7 Å². The Balaban J connectivity index is 0.00000240. The Labute approximate surface area is 180 Å². The Bertz CT molecular complexity index is 790. The van der Waals surface area contributed by atoms with E-state index in [0.29, 0.717) is 12.5 Å². The maximum atomic E-state index is 13.1. The summed E-state index contributed by atoms with van der Waals surface area (Å²) in [7, 11) is 1.69. The summed E-state index contributed by atoms with van der Waals surface area (Å²) in [6.07, 6.45) is 4.38. The molecule has 0 N–H and O–H groups in total. The van der Waals surface area contributed by atoms with Crippen LogP contribution in [0, 0.1) is 0 Å². The van der Waals surface area contributed by atoms with E-state index in [0.717, 1.165) is 51.1 Å². The van der Waals surface area contributed by atoms with Crippen LogP contribution in [0.1, 0.15) is 48.8 Å². The van der Waals surface area contributed by atoms with Crippen molar-refractivity contribution >= 4 is 18.3 Å². The van der Waals surface area contributed by atoms with Gasteiger partial charge in [-0.2, -0.15) is 0 Å². The third-order valence-electron chi connectivity index (χ3n) is 6.27. The smallest absolute Gasteiger partial charge is 0.237 e. The maximum Gasteiger partial charge on any atom is 0.237 e. The van der Waals surface area contributed by atoms with Crippen LogP contribution in [-0.4, -0.2) is 49.0 Å². The highest BCUT2D eigenvalue weighted by molar-refractivity contribution is 5.85. The highest BCUT2D eigenvalue weighted by Gasteiger charge is 2.31. The Morgan fingerprint density at radius 3 is 2.41 bits per heavy atom. The van der Waals surface area contributed by atoms with Gasteiger partial charge in [-0.05, 0) is 68.0 Å². The van der Waals surface area contributed by atoms with E-state index in [9.17, 15) is 4.79 Å². The predicted molar refractivity (Wildman–Crippen MR) is 119 cm³/mol. The Hall–Kier alpha value is -2.04. The van der Waals surface area contributed by atoms with Gasteiger partial charge in [-0.3, -0.25) is 9.69 Å². The zero-order chi connectivity index (χ0) is 19.3. The lowest BCUT2D eigenvalue weighted by Crippen LogP contribution is -2.43. The van der Waals surface area contributed by atoms with Crippen molar-refractivity contribution in [2.75, 3.05) is 33.3 Å². The number of piperidine rings is 1. The van der Waals surface area contributed by atoms with Gasteiger partial charge in [0.15, 0.2) is 0 Å². The molecule has 4 nitrogen and oxygen atoms in total. The lowest BCUT2D eigenvalue weighted by molar-refractivity contribution is -0.133. The highest BCUT2D eigenvalue weighted by Crippen LogP contribution is 2.34. The van der Waals surface area contributed by atoms with E-state index in [1.165, 1.54) is 11.1 Å². The molecule has 0 bridgehead atoms. The number of ether oxygens (including phenoxy) is 1. The standard InChI is InChI=1S/C24H30N2O2.ClH/c1-28-22-10-5-9-21(17-22)23-11-6-14-26(23)24(27)18-25-15-12-20(13-16-25)19-7-3-2-4-8-19;/h2-5,7-10,17,20,23H,6,11-16,18H2,1H3;1H. The molecule has 2 aliphatic rings. The molecule has 1 unspecified atom stereocenters. The summed E-state index contributed by atoms with van der Waals surface area (Å²) >= 11 is 0. The van der Waals surface area contributed by atoms with Gasteiger partial charge in [0.1, 0.15) is 5.75 Å². The summed E-state index contributed by atoms with van der Waals surface area (Å²) in [5.74, 6) is 1.76. The van der Waals surface area contributed by atoms with E-state index in [4.69, 9.17) is 4.74 Å². The molecule has 156 valence electrons. The van der Waals surface area contributed by atoms with E-state index in [1.54, 1.807) is 7.11 Å². The first kappa shape index (κ1) is 21.7. The van der Waals surface area contributed by atoms with Gasteiger partial charge in [0.25, 0.3) is 0 Å². The summed E-state index contributed by atoms with van der Waals surface area (Å²) in [4.78, 5) is 17.5. The first-order valence-corrected chi connectivity index (χ1v) is 10.5. The predicted octanol–water partition coefficient (Wildman–Crippen LogP) is 4.66. The van der Waals surface area contributed by atoms with Crippen molar-refractivity contribution in [2.24, 2.45) is 0 Å². The van der Waals surface area contributed by atoms with Crippen LogP contribution in [0.4, 0.5) is 0 Å². The number of nitrogens with zero attached hydrogens (tertiary/aromatic N) is 2. The lowest BCUT2D eigenvalue weighted by atomic mass is 9.89. The lowest BCUT2D eigenvalue weighted by Gasteiger charge is -2.34. The number of hydrogen-bond acceptors (Lipinski definition) is 3. The topological polar surface area (TPSA) is 32.8 Å². The minimum absolute atomic E-state index is 0. The number of likely N-dealkylation sites (tertiary alicyclic amines) is 2. The second-order valence-electron chi connectivity index (χ2n) is 7.98. The average Bonchev–Trinajstić information content (AvgIpc) is 3.25. The minimum Gasteiger partial charge on any atom is -0.497 e. The molecule has 1 amide bonds. The van der Waals surface area contributed by atoms with E-state index >= 15 is 0 Å². The SMILES string of the molecule is COc1cccc(C2CCCN2C(=O)CN2CCC(c3ccccc3)CC2)c1.Cl. The summed E-state index contributed by atoms with van der Waals surface area (Å²) < 4.78 is 5.37. The molecular formula is C24H31ClN2O2. The van der Waals surface area contributed by atoms with Crippen LogP contribution in [0.5, 0.6) is 5.75 Å². The molecule has 2 fully saturated rings. The monoisotopic (exact) mass is 414 g/mol. The maximum absolute atomic E-state index is 13.1. The molecule has 0 aromatic heterocycles. The minimum atomic E-state index is 0.